The van der Waals surface area contributed by atoms with Gasteiger partial charge in [0.15, 0.2) is 6.61 Å². The lowest BCUT2D eigenvalue weighted by atomic mass is 10.1. The number of nitrogens with zero attached hydrogens (tertiary/aromatic N) is 3. The van der Waals surface area contributed by atoms with Gasteiger partial charge in [-0.2, -0.15) is 5.10 Å². The monoisotopic (exact) mass is 329 g/mol. The average molecular weight is 329 g/mol. The Labute approximate surface area is 144 Å². The lowest BCUT2D eigenvalue weighted by Crippen LogP contribution is -2.14. The minimum atomic E-state index is -0.0288. The van der Waals surface area contributed by atoms with Crippen molar-refractivity contribution in [1.29, 1.82) is 0 Å². The van der Waals surface area contributed by atoms with Crippen LogP contribution in [0.1, 0.15) is 53.3 Å². The third-order valence-electron chi connectivity index (χ3n) is 4.36. The zero-order valence-electron chi connectivity index (χ0n) is 15.5. The standard InChI is InChI=1S/C19H27N3O2/c1-12(2)7-8-22-14(4)10-17(16(22)6)18(23)11-24-19-9-13(3)15(5)20-21-19/h9-10,12H,7-8,11H2,1-6H3. The average Bonchev–Trinajstić information content (AvgIpc) is 2.80. The molecule has 0 aliphatic carbocycles. The molecule has 0 bridgehead atoms. The molecule has 0 aromatic carbocycles. The predicted molar refractivity (Wildman–Crippen MR) is 94.7 cm³/mol. The predicted octanol–water partition coefficient (Wildman–Crippen LogP) is 3.82. The van der Waals surface area contributed by atoms with Crippen LogP contribution in [0.4, 0.5) is 0 Å². The molecule has 2 heterocycles. The van der Waals surface area contributed by atoms with E-state index in [0.29, 0.717) is 11.8 Å². The van der Waals surface area contributed by atoms with Crippen molar-refractivity contribution in [3.8, 4) is 5.88 Å². The Kier molecular flexibility index (Phi) is 5.75. The molecule has 0 saturated heterocycles. The van der Waals surface area contributed by atoms with Gasteiger partial charge < -0.3 is 9.30 Å². The van der Waals surface area contributed by atoms with Crippen LogP contribution < -0.4 is 4.74 Å². The topological polar surface area (TPSA) is 57.0 Å². The van der Waals surface area contributed by atoms with Gasteiger partial charge in [-0.3, -0.25) is 4.79 Å². The lowest BCUT2D eigenvalue weighted by molar-refractivity contribution is 0.0916. The molecule has 130 valence electrons. The third kappa shape index (κ3) is 4.22. The Morgan fingerprint density at radius 1 is 1.17 bits per heavy atom. The second-order valence-electron chi connectivity index (χ2n) is 6.78. The summed E-state index contributed by atoms with van der Waals surface area (Å²) in [6.07, 6.45) is 1.10. The van der Waals surface area contributed by atoms with Gasteiger partial charge >= 0.3 is 0 Å². The minimum Gasteiger partial charge on any atom is -0.468 e. The molecule has 0 fully saturated rings. The Morgan fingerprint density at radius 3 is 2.50 bits per heavy atom. The first-order valence-electron chi connectivity index (χ1n) is 8.43. The van der Waals surface area contributed by atoms with Gasteiger partial charge in [-0.25, -0.2) is 0 Å². The van der Waals surface area contributed by atoms with Gasteiger partial charge in [0.25, 0.3) is 0 Å². The molecule has 0 saturated carbocycles. The zero-order valence-corrected chi connectivity index (χ0v) is 15.5. The van der Waals surface area contributed by atoms with Crippen LogP contribution in [0, 0.1) is 33.6 Å². The summed E-state index contributed by atoms with van der Waals surface area (Å²) in [6.45, 7) is 13.2. The third-order valence-corrected chi connectivity index (χ3v) is 4.36. The number of ether oxygens (including phenoxy) is 1. The number of rotatable bonds is 7. The number of hydrogen-bond donors (Lipinski definition) is 0. The lowest BCUT2D eigenvalue weighted by Gasteiger charge is -2.11. The molecule has 0 unspecified atom stereocenters. The van der Waals surface area contributed by atoms with Gasteiger partial charge in [0.2, 0.25) is 11.7 Å². The van der Waals surface area contributed by atoms with Crippen molar-refractivity contribution in [3.63, 3.8) is 0 Å². The van der Waals surface area contributed by atoms with Gasteiger partial charge in [-0.15, -0.1) is 5.10 Å². The van der Waals surface area contributed by atoms with E-state index >= 15 is 0 Å². The Balaban J connectivity index is 2.06. The van der Waals surface area contributed by atoms with Crippen LogP contribution in [0.25, 0.3) is 0 Å². The summed E-state index contributed by atoms with van der Waals surface area (Å²) in [5, 5.41) is 7.98. The van der Waals surface area contributed by atoms with Crippen LogP contribution >= 0.6 is 0 Å². The van der Waals surface area contributed by atoms with Gasteiger partial charge in [-0.1, -0.05) is 13.8 Å². The maximum atomic E-state index is 12.5. The smallest absolute Gasteiger partial charge is 0.234 e. The summed E-state index contributed by atoms with van der Waals surface area (Å²) in [5.41, 5.74) is 4.71. The summed E-state index contributed by atoms with van der Waals surface area (Å²) in [7, 11) is 0. The van der Waals surface area contributed by atoms with Crippen molar-refractivity contribution in [2.24, 2.45) is 5.92 Å². The van der Waals surface area contributed by atoms with Crippen molar-refractivity contribution in [2.45, 2.75) is 54.5 Å². The molecular formula is C19H27N3O2. The number of carbonyl (C=O) groups is 1. The van der Waals surface area contributed by atoms with Crippen molar-refractivity contribution < 1.29 is 9.53 Å². The minimum absolute atomic E-state index is 0.0222. The van der Waals surface area contributed by atoms with Crippen molar-refractivity contribution in [1.82, 2.24) is 14.8 Å². The van der Waals surface area contributed by atoms with Crippen LogP contribution in [0.2, 0.25) is 0 Å². The van der Waals surface area contributed by atoms with Gasteiger partial charge in [-0.05, 0) is 51.7 Å². The van der Waals surface area contributed by atoms with Crippen molar-refractivity contribution in [3.05, 3.63) is 40.3 Å². The molecule has 2 aromatic rings. The maximum absolute atomic E-state index is 12.5. The summed E-state index contributed by atoms with van der Waals surface area (Å²) in [4.78, 5) is 12.5. The van der Waals surface area contributed by atoms with E-state index in [1.165, 1.54) is 0 Å². The second-order valence-corrected chi connectivity index (χ2v) is 6.78. The summed E-state index contributed by atoms with van der Waals surface area (Å²) >= 11 is 0. The number of aromatic nitrogens is 3. The van der Waals surface area contributed by atoms with Gasteiger partial charge in [0.1, 0.15) is 0 Å². The van der Waals surface area contributed by atoms with E-state index in [4.69, 9.17) is 4.74 Å². The van der Waals surface area contributed by atoms with Crippen LogP contribution in [-0.4, -0.2) is 27.2 Å². The van der Waals surface area contributed by atoms with Crippen LogP contribution in [-0.2, 0) is 6.54 Å². The van der Waals surface area contributed by atoms with Crippen LogP contribution in [0.15, 0.2) is 12.1 Å². The van der Waals surface area contributed by atoms with Crippen LogP contribution in [0.5, 0.6) is 5.88 Å². The number of carbonyl (C=O) groups excluding carboxylic acids is 1. The Bertz CT molecular complexity index is 732. The summed E-state index contributed by atoms with van der Waals surface area (Å²) < 4.78 is 7.74. The maximum Gasteiger partial charge on any atom is 0.234 e. The molecule has 0 amide bonds. The Hall–Kier alpha value is -2.17. The fourth-order valence-electron chi connectivity index (χ4n) is 2.62. The highest BCUT2D eigenvalue weighted by Crippen LogP contribution is 2.18. The van der Waals surface area contributed by atoms with Gasteiger partial charge in [0, 0.05) is 29.6 Å². The number of aryl methyl sites for hydroxylation is 3. The molecular weight excluding hydrogens is 302 g/mol. The van der Waals surface area contributed by atoms with E-state index in [1.807, 2.05) is 39.8 Å². The molecule has 5 nitrogen and oxygen atoms in total. The van der Waals surface area contributed by atoms with Crippen LogP contribution in [0.3, 0.4) is 0 Å². The van der Waals surface area contributed by atoms with E-state index in [0.717, 1.165) is 41.2 Å². The fourth-order valence-corrected chi connectivity index (χ4v) is 2.62. The van der Waals surface area contributed by atoms with Crippen molar-refractivity contribution >= 4 is 5.78 Å². The molecule has 5 heteroatoms. The molecule has 0 atom stereocenters. The van der Waals surface area contributed by atoms with E-state index in [2.05, 4.69) is 28.6 Å². The summed E-state index contributed by atoms with van der Waals surface area (Å²) in [6, 6.07) is 3.76. The second kappa shape index (κ2) is 7.60. The van der Waals surface area contributed by atoms with E-state index in [-0.39, 0.29) is 12.4 Å². The molecule has 0 radical (unpaired) electrons. The van der Waals surface area contributed by atoms with E-state index < -0.39 is 0 Å². The fraction of sp³-hybridized carbons (Fsp3) is 0.526. The molecule has 24 heavy (non-hydrogen) atoms. The quantitative estimate of drug-likeness (QED) is 0.725. The molecule has 2 rings (SSSR count). The highest BCUT2D eigenvalue weighted by Gasteiger charge is 2.16. The largest absolute Gasteiger partial charge is 0.468 e. The molecule has 0 aliphatic heterocycles. The number of Topliss-reactive ketones (excluding diaryl/α,β-unsaturated/α-hetero) is 1. The Morgan fingerprint density at radius 2 is 1.88 bits per heavy atom. The molecule has 2 aromatic heterocycles. The first kappa shape index (κ1) is 18.2. The van der Waals surface area contributed by atoms with E-state index in [1.54, 1.807) is 0 Å². The number of ketones is 1. The molecule has 0 spiro atoms. The zero-order chi connectivity index (χ0) is 17.9. The van der Waals surface area contributed by atoms with Crippen molar-refractivity contribution in [2.75, 3.05) is 6.61 Å². The normalized spacial score (nSPS) is 11.1. The molecule has 0 N–H and O–H groups in total. The highest BCUT2D eigenvalue weighted by molar-refractivity contribution is 5.98. The molecule has 0 aliphatic rings. The first-order chi connectivity index (χ1) is 11.3. The first-order valence-corrected chi connectivity index (χ1v) is 8.43. The summed E-state index contributed by atoms with van der Waals surface area (Å²) in [5.74, 6) is 0.996. The van der Waals surface area contributed by atoms with E-state index in [9.17, 15) is 4.79 Å². The highest BCUT2D eigenvalue weighted by atomic mass is 16.5. The van der Waals surface area contributed by atoms with Gasteiger partial charge in [0.05, 0.1) is 5.69 Å². The SMILES string of the molecule is Cc1cc(OCC(=O)c2cc(C)n(CCC(C)C)c2C)nnc1C. The number of hydrogen-bond acceptors (Lipinski definition) is 4.